The number of carboxylic acids is 1. The molecule has 4 heteroatoms. The standard InChI is InChI=1S/C15H18N2O2/c1-8-5-12-13(6-9(8)2)17(7-14(18)19)15(16-12)11-4-10(11)3/h5-6,10-11H,4,7H2,1-3H3,(H,18,19). The van der Waals surface area contributed by atoms with E-state index in [2.05, 4.69) is 31.0 Å². The number of carbonyl (C=O) groups is 1. The van der Waals surface area contributed by atoms with Gasteiger partial charge < -0.3 is 9.67 Å². The van der Waals surface area contributed by atoms with Crippen LogP contribution in [0.2, 0.25) is 0 Å². The fourth-order valence-electron chi connectivity index (χ4n) is 2.67. The van der Waals surface area contributed by atoms with Gasteiger partial charge in [-0.1, -0.05) is 6.92 Å². The highest BCUT2D eigenvalue weighted by Crippen LogP contribution is 2.47. The van der Waals surface area contributed by atoms with Gasteiger partial charge in [-0.25, -0.2) is 4.98 Å². The van der Waals surface area contributed by atoms with Gasteiger partial charge in [0.15, 0.2) is 0 Å². The zero-order valence-electron chi connectivity index (χ0n) is 11.5. The Hall–Kier alpha value is -1.84. The number of carboxylic acid groups (broad SMARTS) is 1. The summed E-state index contributed by atoms with van der Waals surface area (Å²) in [6, 6.07) is 4.11. The smallest absolute Gasteiger partial charge is 0.323 e. The molecule has 1 aromatic heterocycles. The van der Waals surface area contributed by atoms with Gasteiger partial charge in [-0.2, -0.15) is 0 Å². The Bertz CT molecular complexity index is 672. The highest BCUT2D eigenvalue weighted by atomic mass is 16.4. The molecule has 1 heterocycles. The molecule has 0 aliphatic heterocycles. The fourth-order valence-corrected chi connectivity index (χ4v) is 2.67. The van der Waals surface area contributed by atoms with Gasteiger partial charge in [0.2, 0.25) is 0 Å². The van der Waals surface area contributed by atoms with Crippen molar-refractivity contribution in [2.75, 3.05) is 0 Å². The van der Waals surface area contributed by atoms with E-state index in [0.29, 0.717) is 11.8 Å². The molecular formula is C15H18N2O2. The average molecular weight is 258 g/mol. The first-order valence-electron chi connectivity index (χ1n) is 6.66. The maximum atomic E-state index is 11.1. The molecule has 1 aromatic carbocycles. The summed E-state index contributed by atoms with van der Waals surface area (Å²) in [6.45, 7) is 6.29. The molecule has 2 aromatic rings. The SMILES string of the molecule is Cc1cc2nc(C3CC3C)n(CC(=O)O)c2cc1C. The molecular weight excluding hydrogens is 240 g/mol. The van der Waals surface area contributed by atoms with Crippen LogP contribution in [-0.4, -0.2) is 20.6 Å². The maximum Gasteiger partial charge on any atom is 0.323 e. The number of hydrogen-bond acceptors (Lipinski definition) is 2. The van der Waals surface area contributed by atoms with E-state index in [0.717, 1.165) is 23.3 Å². The lowest BCUT2D eigenvalue weighted by Gasteiger charge is -2.06. The van der Waals surface area contributed by atoms with Crippen LogP contribution in [0.25, 0.3) is 11.0 Å². The maximum absolute atomic E-state index is 11.1. The molecule has 0 spiro atoms. The summed E-state index contributed by atoms with van der Waals surface area (Å²) in [5.74, 6) is 1.17. The first-order valence-corrected chi connectivity index (χ1v) is 6.66. The number of aryl methyl sites for hydroxylation is 2. The minimum atomic E-state index is -0.813. The van der Waals surface area contributed by atoms with Crippen molar-refractivity contribution < 1.29 is 9.90 Å². The quantitative estimate of drug-likeness (QED) is 0.921. The molecule has 19 heavy (non-hydrogen) atoms. The molecule has 2 atom stereocenters. The number of aliphatic carboxylic acids is 1. The van der Waals surface area contributed by atoms with Crippen LogP contribution in [0, 0.1) is 19.8 Å². The molecule has 3 rings (SSSR count). The van der Waals surface area contributed by atoms with Crippen molar-refractivity contribution in [1.29, 1.82) is 0 Å². The summed E-state index contributed by atoms with van der Waals surface area (Å²) in [4.78, 5) is 15.8. The van der Waals surface area contributed by atoms with E-state index in [1.165, 1.54) is 11.1 Å². The predicted molar refractivity (Wildman–Crippen MR) is 73.4 cm³/mol. The summed E-state index contributed by atoms with van der Waals surface area (Å²) in [5, 5.41) is 9.11. The molecule has 1 saturated carbocycles. The van der Waals surface area contributed by atoms with Crippen LogP contribution in [0.4, 0.5) is 0 Å². The van der Waals surface area contributed by atoms with Gasteiger partial charge in [-0.3, -0.25) is 4.79 Å². The third-order valence-electron chi connectivity index (χ3n) is 4.13. The van der Waals surface area contributed by atoms with Gasteiger partial charge in [-0.05, 0) is 49.4 Å². The first kappa shape index (κ1) is 12.2. The summed E-state index contributed by atoms with van der Waals surface area (Å²) >= 11 is 0. The zero-order chi connectivity index (χ0) is 13.7. The molecule has 1 aliphatic carbocycles. The number of nitrogens with zero attached hydrogens (tertiary/aromatic N) is 2. The van der Waals surface area contributed by atoms with Crippen molar-refractivity contribution in [3.63, 3.8) is 0 Å². The summed E-state index contributed by atoms with van der Waals surface area (Å²) in [6.07, 6.45) is 1.11. The molecule has 0 bridgehead atoms. The summed E-state index contributed by atoms with van der Waals surface area (Å²) in [5.41, 5.74) is 4.23. The van der Waals surface area contributed by atoms with E-state index >= 15 is 0 Å². The van der Waals surface area contributed by atoms with Gasteiger partial charge in [0.1, 0.15) is 12.4 Å². The Labute approximate surface area is 112 Å². The van der Waals surface area contributed by atoms with Crippen LogP contribution in [0.15, 0.2) is 12.1 Å². The van der Waals surface area contributed by atoms with Crippen molar-refractivity contribution in [1.82, 2.24) is 9.55 Å². The van der Waals surface area contributed by atoms with E-state index in [4.69, 9.17) is 5.11 Å². The second kappa shape index (κ2) is 4.08. The molecule has 1 fully saturated rings. The number of imidazole rings is 1. The van der Waals surface area contributed by atoms with Gasteiger partial charge in [0.25, 0.3) is 0 Å². The van der Waals surface area contributed by atoms with Crippen LogP contribution in [0.1, 0.15) is 36.2 Å². The molecule has 100 valence electrons. The summed E-state index contributed by atoms with van der Waals surface area (Å²) < 4.78 is 1.87. The molecule has 4 nitrogen and oxygen atoms in total. The van der Waals surface area contributed by atoms with Crippen molar-refractivity contribution in [2.45, 2.75) is 39.7 Å². The second-order valence-electron chi connectivity index (χ2n) is 5.69. The largest absolute Gasteiger partial charge is 0.480 e. The van der Waals surface area contributed by atoms with Crippen molar-refractivity contribution in [3.05, 3.63) is 29.1 Å². The van der Waals surface area contributed by atoms with Crippen LogP contribution in [0.3, 0.4) is 0 Å². The van der Waals surface area contributed by atoms with Crippen LogP contribution in [0.5, 0.6) is 0 Å². The fraction of sp³-hybridized carbons (Fsp3) is 0.467. The molecule has 1 aliphatic rings. The van der Waals surface area contributed by atoms with E-state index in [1.54, 1.807) is 0 Å². The second-order valence-corrected chi connectivity index (χ2v) is 5.69. The predicted octanol–water partition coefficient (Wildman–Crippen LogP) is 2.86. The number of benzene rings is 1. The molecule has 0 saturated heterocycles. The molecule has 0 amide bonds. The Morgan fingerprint density at radius 2 is 2.05 bits per heavy atom. The Kier molecular flexibility index (Phi) is 2.62. The monoisotopic (exact) mass is 258 g/mol. The number of hydrogen-bond donors (Lipinski definition) is 1. The normalized spacial score (nSPS) is 21.8. The Balaban J connectivity index is 2.20. The van der Waals surface area contributed by atoms with Gasteiger partial charge in [-0.15, -0.1) is 0 Å². The van der Waals surface area contributed by atoms with Gasteiger partial charge in [0.05, 0.1) is 11.0 Å². The van der Waals surface area contributed by atoms with Gasteiger partial charge >= 0.3 is 5.97 Å². The van der Waals surface area contributed by atoms with Crippen molar-refractivity contribution in [2.24, 2.45) is 5.92 Å². The molecule has 1 N–H and O–H groups in total. The molecule has 2 unspecified atom stereocenters. The topological polar surface area (TPSA) is 55.1 Å². The third-order valence-corrected chi connectivity index (χ3v) is 4.13. The number of fused-ring (bicyclic) bond motifs is 1. The Morgan fingerprint density at radius 1 is 1.42 bits per heavy atom. The van der Waals surface area contributed by atoms with Gasteiger partial charge in [0, 0.05) is 5.92 Å². The van der Waals surface area contributed by atoms with Crippen molar-refractivity contribution in [3.8, 4) is 0 Å². The lowest BCUT2D eigenvalue weighted by molar-refractivity contribution is -0.137. The Morgan fingerprint density at radius 3 is 2.63 bits per heavy atom. The summed E-state index contributed by atoms with van der Waals surface area (Å²) in [7, 11) is 0. The third kappa shape index (κ3) is 2.01. The van der Waals surface area contributed by atoms with E-state index in [1.807, 2.05) is 11.5 Å². The zero-order valence-corrected chi connectivity index (χ0v) is 11.5. The average Bonchev–Trinajstić information content (AvgIpc) is 2.95. The first-order chi connectivity index (χ1) is 8.97. The minimum Gasteiger partial charge on any atom is -0.480 e. The van der Waals surface area contributed by atoms with Crippen LogP contribution in [-0.2, 0) is 11.3 Å². The van der Waals surface area contributed by atoms with E-state index < -0.39 is 5.97 Å². The van der Waals surface area contributed by atoms with Crippen LogP contribution < -0.4 is 0 Å². The highest BCUT2D eigenvalue weighted by Gasteiger charge is 2.38. The number of rotatable bonds is 3. The number of aromatic nitrogens is 2. The molecule has 0 radical (unpaired) electrons. The minimum absolute atomic E-state index is 0.00243. The lowest BCUT2D eigenvalue weighted by atomic mass is 10.1. The van der Waals surface area contributed by atoms with Crippen molar-refractivity contribution >= 4 is 17.0 Å². The lowest BCUT2D eigenvalue weighted by Crippen LogP contribution is -2.11. The van der Waals surface area contributed by atoms with E-state index in [9.17, 15) is 4.79 Å². The highest BCUT2D eigenvalue weighted by molar-refractivity contribution is 5.80. The van der Waals surface area contributed by atoms with Crippen LogP contribution >= 0.6 is 0 Å². The van der Waals surface area contributed by atoms with E-state index in [-0.39, 0.29) is 6.54 Å².